The SMILES string of the molecule is CC(OC(=O)c1cccc(C(=O)Nc2ccccc2)c1)C(=O)Nc1ccc(C#N)cc1. The molecule has 0 aromatic heterocycles. The molecule has 0 radical (unpaired) electrons. The Morgan fingerprint density at radius 3 is 2.16 bits per heavy atom. The van der Waals surface area contributed by atoms with E-state index in [-0.39, 0.29) is 17.0 Å². The van der Waals surface area contributed by atoms with Gasteiger partial charge in [-0.2, -0.15) is 5.26 Å². The molecular weight excluding hydrogens is 394 g/mol. The maximum absolute atomic E-state index is 12.5. The largest absolute Gasteiger partial charge is 0.449 e. The number of rotatable bonds is 6. The second-order valence-electron chi connectivity index (χ2n) is 6.63. The number of esters is 1. The summed E-state index contributed by atoms with van der Waals surface area (Å²) in [6.45, 7) is 1.45. The number of carbonyl (C=O) groups excluding carboxylic acids is 3. The molecular formula is C24H19N3O4. The van der Waals surface area contributed by atoms with E-state index in [2.05, 4.69) is 10.6 Å². The predicted octanol–water partition coefficient (Wildman–Crippen LogP) is 3.99. The highest BCUT2D eigenvalue weighted by molar-refractivity contribution is 6.06. The summed E-state index contributed by atoms with van der Waals surface area (Å²) in [5.74, 6) is -1.61. The van der Waals surface area contributed by atoms with Crippen molar-refractivity contribution in [3.8, 4) is 6.07 Å². The summed E-state index contributed by atoms with van der Waals surface area (Å²) in [5.41, 5.74) is 2.01. The molecule has 154 valence electrons. The zero-order valence-electron chi connectivity index (χ0n) is 16.7. The summed E-state index contributed by atoms with van der Waals surface area (Å²) >= 11 is 0. The van der Waals surface area contributed by atoms with Crippen LogP contribution in [0.2, 0.25) is 0 Å². The van der Waals surface area contributed by atoms with E-state index in [9.17, 15) is 14.4 Å². The predicted molar refractivity (Wildman–Crippen MR) is 116 cm³/mol. The van der Waals surface area contributed by atoms with Crippen LogP contribution >= 0.6 is 0 Å². The number of hydrogen-bond donors (Lipinski definition) is 2. The topological polar surface area (TPSA) is 108 Å². The van der Waals surface area contributed by atoms with Gasteiger partial charge in [0, 0.05) is 16.9 Å². The van der Waals surface area contributed by atoms with Crippen LogP contribution < -0.4 is 10.6 Å². The molecule has 3 aromatic carbocycles. The first kappa shape index (κ1) is 21.3. The molecule has 0 aliphatic rings. The van der Waals surface area contributed by atoms with Crippen LogP contribution in [0.3, 0.4) is 0 Å². The Labute approximate surface area is 179 Å². The van der Waals surface area contributed by atoms with Crippen molar-refractivity contribution in [1.29, 1.82) is 5.26 Å². The molecule has 31 heavy (non-hydrogen) atoms. The maximum Gasteiger partial charge on any atom is 0.338 e. The highest BCUT2D eigenvalue weighted by Crippen LogP contribution is 2.13. The van der Waals surface area contributed by atoms with Gasteiger partial charge in [-0.3, -0.25) is 9.59 Å². The molecule has 3 aromatic rings. The second kappa shape index (κ2) is 9.85. The second-order valence-corrected chi connectivity index (χ2v) is 6.63. The highest BCUT2D eigenvalue weighted by atomic mass is 16.5. The molecule has 2 amide bonds. The van der Waals surface area contributed by atoms with E-state index in [1.165, 1.54) is 19.1 Å². The molecule has 0 spiro atoms. The zero-order valence-corrected chi connectivity index (χ0v) is 16.7. The number of carbonyl (C=O) groups is 3. The highest BCUT2D eigenvalue weighted by Gasteiger charge is 2.20. The molecule has 0 aliphatic heterocycles. The van der Waals surface area contributed by atoms with E-state index in [0.717, 1.165) is 0 Å². The summed E-state index contributed by atoms with van der Waals surface area (Å²) in [4.78, 5) is 37.2. The van der Waals surface area contributed by atoms with Crippen LogP contribution in [0.4, 0.5) is 11.4 Å². The number of anilines is 2. The summed E-state index contributed by atoms with van der Waals surface area (Å²) in [7, 11) is 0. The van der Waals surface area contributed by atoms with Crippen molar-refractivity contribution in [3.63, 3.8) is 0 Å². The van der Waals surface area contributed by atoms with Gasteiger partial charge in [0.05, 0.1) is 17.2 Å². The molecule has 0 heterocycles. The molecule has 3 rings (SSSR count). The lowest BCUT2D eigenvalue weighted by Gasteiger charge is -2.14. The minimum atomic E-state index is -1.06. The van der Waals surface area contributed by atoms with Gasteiger partial charge in [-0.15, -0.1) is 0 Å². The summed E-state index contributed by atoms with van der Waals surface area (Å²) < 4.78 is 5.23. The Morgan fingerprint density at radius 2 is 1.48 bits per heavy atom. The Morgan fingerprint density at radius 1 is 0.839 bits per heavy atom. The van der Waals surface area contributed by atoms with Crippen LogP contribution in [0.15, 0.2) is 78.9 Å². The minimum absolute atomic E-state index is 0.152. The van der Waals surface area contributed by atoms with Gasteiger partial charge in [0.15, 0.2) is 6.10 Å². The monoisotopic (exact) mass is 413 g/mol. The fourth-order valence-electron chi connectivity index (χ4n) is 2.67. The van der Waals surface area contributed by atoms with E-state index in [0.29, 0.717) is 16.9 Å². The van der Waals surface area contributed by atoms with Crippen LogP contribution in [-0.4, -0.2) is 23.9 Å². The van der Waals surface area contributed by atoms with Crippen molar-refractivity contribution < 1.29 is 19.1 Å². The fourth-order valence-corrected chi connectivity index (χ4v) is 2.67. The molecule has 1 unspecified atom stereocenters. The third kappa shape index (κ3) is 5.78. The number of ether oxygens (including phenoxy) is 1. The molecule has 1 atom stereocenters. The molecule has 0 fully saturated rings. The average molecular weight is 413 g/mol. The van der Waals surface area contributed by atoms with E-state index < -0.39 is 18.0 Å². The van der Waals surface area contributed by atoms with Crippen molar-refractivity contribution in [1.82, 2.24) is 0 Å². The van der Waals surface area contributed by atoms with Gasteiger partial charge in [0.1, 0.15) is 0 Å². The number of benzene rings is 3. The number of nitriles is 1. The number of nitrogens with one attached hydrogen (secondary N) is 2. The van der Waals surface area contributed by atoms with Gasteiger partial charge in [0.25, 0.3) is 11.8 Å². The Balaban J connectivity index is 1.61. The molecule has 0 bridgehead atoms. The van der Waals surface area contributed by atoms with E-state index >= 15 is 0 Å². The summed E-state index contributed by atoms with van der Waals surface area (Å²) in [6.07, 6.45) is -1.06. The lowest BCUT2D eigenvalue weighted by atomic mass is 10.1. The lowest BCUT2D eigenvalue weighted by Crippen LogP contribution is -2.30. The molecule has 7 heteroatoms. The van der Waals surface area contributed by atoms with Gasteiger partial charge in [-0.25, -0.2) is 4.79 Å². The number of amides is 2. The molecule has 0 saturated carbocycles. The third-order valence-electron chi connectivity index (χ3n) is 4.33. The summed E-state index contributed by atoms with van der Waals surface area (Å²) in [5, 5.41) is 14.2. The lowest BCUT2D eigenvalue weighted by molar-refractivity contribution is -0.123. The normalized spacial score (nSPS) is 11.0. The Kier molecular flexibility index (Phi) is 6.76. The van der Waals surface area contributed by atoms with Gasteiger partial charge in [0.2, 0.25) is 0 Å². The van der Waals surface area contributed by atoms with Crippen LogP contribution in [0, 0.1) is 11.3 Å². The molecule has 0 saturated heterocycles. The first-order chi connectivity index (χ1) is 15.0. The quantitative estimate of drug-likeness (QED) is 0.594. The molecule has 7 nitrogen and oxygen atoms in total. The van der Waals surface area contributed by atoms with Crippen molar-refractivity contribution in [2.24, 2.45) is 0 Å². The van der Waals surface area contributed by atoms with Gasteiger partial charge < -0.3 is 15.4 Å². The van der Waals surface area contributed by atoms with Gasteiger partial charge in [-0.05, 0) is 61.5 Å². The number of hydrogen-bond acceptors (Lipinski definition) is 5. The fraction of sp³-hybridized carbons (Fsp3) is 0.0833. The maximum atomic E-state index is 12.5. The van der Waals surface area contributed by atoms with E-state index in [4.69, 9.17) is 10.00 Å². The standard InChI is InChI=1S/C24H19N3O4/c1-16(22(28)26-21-12-10-17(15-25)11-13-21)31-24(30)19-7-5-6-18(14-19)23(29)27-20-8-3-2-4-9-20/h2-14,16H,1H3,(H,26,28)(H,27,29). The average Bonchev–Trinajstić information content (AvgIpc) is 2.80. The molecule has 2 N–H and O–H groups in total. The van der Waals surface area contributed by atoms with Gasteiger partial charge in [-0.1, -0.05) is 24.3 Å². The molecule has 0 aliphatic carbocycles. The zero-order chi connectivity index (χ0) is 22.2. The summed E-state index contributed by atoms with van der Waals surface area (Å²) in [6, 6.07) is 23.3. The van der Waals surface area contributed by atoms with Crippen molar-refractivity contribution >= 4 is 29.2 Å². The van der Waals surface area contributed by atoms with Crippen molar-refractivity contribution in [2.75, 3.05) is 10.6 Å². The van der Waals surface area contributed by atoms with Crippen LogP contribution in [0.1, 0.15) is 33.2 Å². The van der Waals surface area contributed by atoms with Crippen molar-refractivity contribution in [2.45, 2.75) is 13.0 Å². The Hall–Kier alpha value is -4.44. The van der Waals surface area contributed by atoms with Crippen molar-refractivity contribution in [3.05, 3.63) is 95.6 Å². The first-order valence-electron chi connectivity index (χ1n) is 9.45. The van der Waals surface area contributed by atoms with Gasteiger partial charge >= 0.3 is 5.97 Å². The number of para-hydroxylation sites is 1. The first-order valence-corrected chi connectivity index (χ1v) is 9.45. The van der Waals surface area contributed by atoms with E-state index in [1.807, 2.05) is 12.1 Å². The Bertz CT molecular complexity index is 1140. The van der Waals surface area contributed by atoms with Crippen LogP contribution in [-0.2, 0) is 9.53 Å². The third-order valence-corrected chi connectivity index (χ3v) is 4.33. The van der Waals surface area contributed by atoms with E-state index in [1.54, 1.807) is 60.7 Å². The smallest absolute Gasteiger partial charge is 0.338 e. The van der Waals surface area contributed by atoms with Crippen LogP contribution in [0.5, 0.6) is 0 Å². The minimum Gasteiger partial charge on any atom is -0.449 e. The van der Waals surface area contributed by atoms with Crippen LogP contribution in [0.25, 0.3) is 0 Å². The number of nitrogens with zero attached hydrogens (tertiary/aromatic N) is 1.